The minimum atomic E-state index is -1.02. The molecule has 0 spiro atoms. The van der Waals surface area contributed by atoms with Crippen molar-refractivity contribution in [1.82, 2.24) is 4.90 Å². The van der Waals surface area contributed by atoms with Crippen molar-refractivity contribution >= 4 is 34.9 Å². The number of amides is 1. The molecule has 0 saturated carbocycles. The summed E-state index contributed by atoms with van der Waals surface area (Å²) in [5.41, 5.74) is 0.843. The number of rotatable bonds is 6. The van der Waals surface area contributed by atoms with Crippen molar-refractivity contribution in [3.8, 4) is 5.75 Å². The average molecular weight is 348 g/mol. The molecule has 1 aromatic carbocycles. The Bertz CT molecular complexity index is 682. The minimum absolute atomic E-state index is 0.0467. The highest BCUT2D eigenvalue weighted by molar-refractivity contribution is 8.18. The van der Waals surface area contributed by atoms with Crippen molar-refractivity contribution < 1.29 is 19.4 Å². The first-order chi connectivity index (χ1) is 11.5. The highest BCUT2D eigenvalue weighted by Gasteiger charge is 2.31. The Morgan fingerprint density at radius 2 is 2.04 bits per heavy atom. The average Bonchev–Trinajstić information content (AvgIpc) is 2.84. The molecule has 1 fully saturated rings. The Balaban J connectivity index is 2.15. The van der Waals surface area contributed by atoms with Gasteiger partial charge >= 0.3 is 5.97 Å². The van der Waals surface area contributed by atoms with E-state index in [-0.39, 0.29) is 5.91 Å². The molecular formula is C17H20N2O4S. The van der Waals surface area contributed by atoms with Gasteiger partial charge in [0.1, 0.15) is 5.75 Å². The number of carboxylic acids is 1. The second-order valence-corrected chi connectivity index (χ2v) is 6.09. The lowest BCUT2D eigenvalue weighted by Crippen LogP contribution is -2.28. The summed E-state index contributed by atoms with van der Waals surface area (Å²) in [6.07, 6.45) is 0.894. The van der Waals surface area contributed by atoms with Gasteiger partial charge < -0.3 is 9.84 Å². The number of amidine groups is 1. The molecule has 0 aliphatic carbocycles. The molecule has 2 rings (SSSR count). The molecular weight excluding hydrogens is 328 g/mol. The number of carboxylic acid groups (broad SMARTS) is 1. The number of aliphatic imine (C=N–C) groups is 1. The molecule has 1 heterocycles. The van der Waals surface area contributed by atoms with E-state index in [1.165, 1.54) is 18.7 Å². The number of hydrogen-bond acceptors (Lipinski definition) is 5. The Labute approximate surface area is 145 Å². The van der Waals surface area contributed by atoms with Crippen molar-refractivity contribution in [3.05, 3.63) is 34.7 Å². The fraction of sp³-hybridized carbons (Fsp3) is 0.353. The summed E-state index contributed by atoms with van der Waals surface area (Å²) in [6, 6.07) is 6.95. The third kappa shape index (κ3) is 4.17. The molecule has 1 aliphatic rings. The van der Waals surface area contributed by atoms with Crippen LogP contribution < -0.4 is 4.74 Å². The largest absolute Gasteiger partial charge is 0.479 e. The summed E-state index contributed by atoms with van der Waals surface area (Å²) >= 11 is 1.37. The number of benzene rings is 1. The molecule has 128 valence electrons. The lowest BCUT2D eigenvalue weighted by Gasteiger charge is -2.11. The molecule has 0 radical (unpaired) electrons. The van der Waals surface area contributed by atoms with Gasteiger partial charge in [-0.3, -0.25) is 14.7 Å². The number of carbonyl (C=O) groups is 2. The smallest absolute Gasteiger partial charge is 0.344 e. The van der Waals surface area contributed by atoms with Crippen LogP contribution in [0.2, 0.25) is 0 Å². The first kappa shape index (κ1) is 18.1. The number of ether oxygens (including phenoxy) is 1. The summed E-state index contributed by atoms with van der Waals surface area (Å²) in [4.78, 5) is 29.8. The van der Waals surface area contributed by atoms with E-state index in [1.54, 1.807) is 35.2 Å². The summed E-state index contributed by atoms with van der Waals surface area (Å²) in [7, 11) is 0. The summed E-state index contributed by atoms with van der Waals surface area (Å²) in [6.45, 7) is 6.54. The zero-order valence-corrected chi connectivity index (χ0v) is 14.7. The Kier molecular flexibility index (Phi) is 6.03. The van der Waals surface area contributed by atoms with E-state index in [2.05, 4.69) is 4.99 Å². The quantitative estimate of drug-likeness (QED) is 0.800. The van der Waals surface area contributed by atoms with Crippen LogP contribution in [-0.4, -0.2) is 46.2 Å². The minimum Gasteiger partial charge on any atom is -0.479 e. The second-order valence-electron chi connectivity index (χ2n) is 5.08. The van der Waals surface area contributed by atoms with Gasteiger partial charge in [-0.1, -0.05) is 12.1 Å². The molecule has 1 aromatic rings. The maximum Gasteiger partial charge on any atom is 0.344 e. The summed E-state index contributed by atoms with van der Waals surface area (Å²) in [5, 5.41) is 9.57. The van der Waals surface area contributed by atoms with Gasteiger partial charge in [0.25, 0.3) is 5.91 Å². The summed E-state index contributed by atoms with van der Waals surface area (Å²) in [5.74, 6) is -0.591. The predicted octanol–water partition coefficient (Wildman–Crippen LogP) is 2.85. The fourth-order valence-electron chi connectivity index (χ4n) is 2.09. The molecule has 1 atom stereocenters. The van der Waals surface area contributed by atoms with E-state index in [9.17, 15) is 9.59 Å². The molecule has 1 aliphatic heterocycles. The van der Waals surface area contributed by atoms with E-state index >= 15 is 0 Å². The van der Waals surface area contributed by atoms with Crippen LogP contribution >= 0.6 is 11.8 Å². The van der Waals surface area contributed by atoms with Gasteiger partial charge in [0.2, 0.25) is 0 Å². The van der Waals surface area contributed by atoms with Gasteiger partial charge in [0.15, 0.2) is 11.3 Å². The van der Waals surface area contributed by atoms with Gasteiger partial charge in [-0.15, -0.1) is 0 Å². The zero-order chi connectivity index (χ0) is 17.7. The molecule has 1 N–H and O–H groups in total. The monoisotopic (exact) mass is 348 g/mol. The number of aliphatic carboxylic acids is 1. The lowest BCUT2D eigenvalue weighted by molar-refractivity contribution is -0.144. The SMILES string of the molecule is CCN=C1S/C(=C\c2ccc(O[C@H](C)C(=O)O)cc2)C(=O)N1CC. The number of thioether (sulfide) groups is 1. The van der Waals surface area contributed by atoms with E-state index in [4.69, 9.17) is 9.84 Å². The van der Waals surface area contributed by atoms with Crippen molar-refractivity contribution in [2.45, 2.75) is 26.9 Å². The first-order valence-corrected chi connectivity index (χ1v) is 8.53. The normalized spacial score (nSPS) is 19.1. The summed E-state index contributed by atoms with van der Waals surface area (Å²) < 4.78 is 5.29. The highest BCUT2D eigenvalue weighted by atomic mass is 32.2. The molecule has 0 aromatic heterocycles. The van der Waals surface area contributed by atoms with Crippen LogP contribution in [-0.2, 0) is 9.59 Å². The standard InChI is InChI=1S/C17H20N2O4S/c1-4-18-17-19(5-2)15(20)14(24-17)10-12-6-8-13(9-7-12)23-11(3)16(21)22/h6-11H,4-5H2,1-3H3,(H,21,22)/b14-10-,18-17?/t11-/m1/s1. The van der Waals surface area contributed by atoms with Crippen molar-refractivity contribution in [2.24, 2.45) is 4.99 Å². The van der Waals surface area contributed by atoms with Crippen LogP contribution in [0, 0.1) is 0 Å². The van der Waals surface area contributed by atoms with E-state index in [0.717, 1.165) is 10.7 Å². The maximum atomic E-state index is 12.4. The van der Waals surface area contributed by atoms with E-state index in [0.29, 0.717) is 23.7 Å². The number of carbonyl (C=O) groups excluding carboxylic acids is 1. The van der Waals surface area contributed by atoms with Crippen LogP contribution in [0.1, 0.15) is 26.3 Å². The number of nitrogens with zero attached hydrogens (tertiary/aromatic N) is 2. The molecule has 1 saturated heterocycles. The maximum absolute atomic E-state index is 12.4. The third-order valence-electron chi connectivity index (χ3n) is 3.34. The van der Waals surface area contributed by atoms with Crippen LogP contribution in [0.4, 0.5) is 0 Å². The van der Waals surface area contributed by atoms with Gasteiger partial charge in [0.05, 0.1) is 4.91 Å². The first-order valence-electron chi connectivity index (χ1n) is 7.71. The lowest BCUT2D eigenvalue weighted by atomic mass is 10.2. The topological polar surface area (TPSA) is 79.2 Å². The van der Waals surface area contributed by atoms with Gasteiger partial charge in [-0.05, 0) is 56.3 Å². The molecule has 0 bridgehead atoms. The molecule has 0 unspecified atom stereocenters. The van der Waals surface area contributed by atoms with Gasteiger partial charge in [0, 0.05) is 13.1 Å². The second kappa shape index (κ2) is 8.01. The Morgan fingerprint density at radius 1 is 1.38 bits per heavy atom. The van der Waals surface area contributed by atoms with Crippen LogP contribution in [0.25, 0.3) is 6.08 Å². The fourth-order valence-corrected chi connectivity index (χ4v) is 3.19. The van der Waals surface area contributed by atoms with Crippen molar-refractivity contribution in [1.29, 1.82) is 0 Å². The van der Waals surface area contributed by atoms with Crippen LogP contribution in [0.3, 0.4) is 0 Å². The molecule has 7 heteroatoms. The zero-order valence-electron chi connectivity index (χ0n) is 13.9. The van der Waals surface area contributed by atoms with E-state index in [1.807, 2.05) is 13.8 Å². The molecule has 6 nitrogen and oxygen atoms in total. The predicted molar refractivity (Wildman–Crippen MR) is 95.1 cm³/mol. The molecule has 1 amide bonds. The highest BCUT2D eigenvalue weighted by Crippen LogP contribution is 2.32. The van der Waals surface area contributed by atoms with Crippen molar-refractivity contribution in [3.63, 3.8) is 0 Å². The van der Waals surface area contributed by atoms with Gasteiger partial charge in [-0.2, -0.15) is 0 Å². The Hall–Kier alpha value is -2.28. The van der Waals surface area contributed by atoms with Crippen LogP contribution in [0.5, 0.6) is 5.75 Å². The van der Waals surface area contributed by atoms with Gasteiger partial charge in [-0.25, -0.2) is 4.79 Å². The number of hydrogen-bond donors (Lipinski definition) is 1. The van der Waals surface area contributed by atoms with Crippen molar-refractivity contribution in [2.75, 3.05) is 13.1 Å². The third-order valence-corrected chi connectivity index (χ3v) is 4.38. The van der Waals surface area contributed by atoms with Crippen LogP contribution in [0.15, 0.2) is 34.2 Å². The molecule has 24 heavy (non-hydrogen) atoms. The van der Waals surface area contributed by atoms with E-state index < -0.39 is 12.1 Å². The Morgan fingerprint density at radius 3 is 2.58 bits per heavy atom. The number of likely N-dealkylation sites (N-methyl/N-ethyl adjacent to an activating group) is 1.